The van der Waals surface area contributed by atoms with E-state index in [1.165, 1.54) is 0 Å². The first-order chi connectivity index (χ1) is 6.33. The molecule has 5 N–H and O–H groups in total. The lowest BCUT2D eigenvalue weighted by Gasteiger charge is -2.03. The molecule has 14 heavy (non-hydrogen) atoms. The van der Waals surface area contributed by atoms with E-state index in [9.17, 15) is 8.42 Å². The number of aliphatic hydroxyl groups is 1. The van der Waals surface area contributed by atoms with Crippen LogP contribution in [0.2, 0.25) is 0 Å². The summed E-state index contributed by atoms with van der Waals surface area (Å²) >= 11 is 0. The summed E-state index contributed by atoms with van der Waals surface area (Å²) in [5.41, 5.74) is 5.17. The quantitative estimate of drug-likeness (QED) is 0.330. The van der Waals surface area contributed by atoms with Crippen LogP contribution < -0.4 is 11.1 Å². The van der Waals surface area contributed by atoms with Gasteiger partial charge < -0.3 is 16.2 Å². The first-order valence-electron chi connectivity index (χ1n) is 3.95. The predicted molar refractivity (Wildman–Crippen MR) is 52.2 cm³/mol. The van der Waals surface area contributed by atoms with Crippen molar-refractivity contribution in [2.75, 3.05) is 26.7 Å². The van der Waals surface area contributed by atoms with Gasteiger partial charge >= 0.3 is 10.4 Å². The fourth-order valence-electron chi connectivity index (χ4n) is 0.413. The average molecular weight is 230 g/mol. The Bertz CT molecular complexity index is 204. The normalized spacial score (nSPS) is 12.9. The molecule has 1 unspecified atom stereocenters. The van der Waals surface area contributed by atoms with Crippen LogP contribution in [-0.4, -0.2) is 50.9 Å². The summed E-state index contributed by atoms with van der Waals surface area (Å²) in [7, 11) is -3.29. The summed E-state index contributed by atoms with van der Waals surface area (Å²) in [5, 5.41) is 11.6. The van der Waals surface area contributed by atoms with E-state index in [2.05, 4.69) is 9.50 Å². The highest BCUT2D eigenvalue weighted by Gasteiger charge is 1.94. The van der Waals surface area contributed by atoms with E-state index >= 15 is 0 Å². The zero-order chi connectivity index (χ0) is 11.6. The largest absolute Gasteiger partial charge is 0.397 e. The lowest BCUT2D eigenvalue weighted by molar-refractivity contribution is 0.192. The van der Waals surface area contributed by atoms with Crippen LogP contribution in [-0.2, 0) is 14.6 Å². The van der Waals surface area contributed by atoms with E-state index in [1.54, 1.807) is 6.92 Å². The van der Waals surface area contributed by atoms with Crippen molar-refractivity contribution in [2.24, 2.45) is 5.73 Å². The highest BCUT2D eigenvalue weighted by molar-refractivity contribution is 7.80. The van der Waals surface area contributed by atoms with Gasteiger partial charge in [-0.3, -0.25) is 8.74 Å². The molecule has 0 aliphatic heterocycles. The molecular formula is C6H18N2O5S. The zero-order valence-corrected chi connectivity index (χ0v) is 9.12. The second kappa shape index (κ2) is 9.31. The molecule has 0 fully saturated rings. The molecule has 8 heteroatoms. The summed E-state index contributed by atoms with van der Waals surface area (Å²) in [6.45, 7) is 3.79. The number of aliphatic hydroxyl groups excluding tert-OH is 1. The highest BCUT2D eigenvalue weighted by atomic mass is 32.3. The Balaban J connectivity index is 0. The van der Waals surface area contributed by atoms with Crippen molar-refractivity contribution in [2.45, 2.75) is 13.0 Å². The lowest BCUT2D eigenvalue weighted by atomic mass is 10.4. The Kier molecular flexibility index (Phi) is 10.8. The predicted octanol–water partition coefficient (Wildman–Crippen LogP) is -1.65. The third-order valence-electron chi connectivity index (χ3n) is 0.971. The highest BCUT2D eigenvalue weighted by Crippen LogP contribution is 1.75. The van der Waals surface area contributed by atoms with Gasteiger partial charge in [-0.25, -0.2) is 0 Å². The van der Waals surface area contributed by atoms with Crippen molar-refractivity contribution in [3.05, 3.63) is 0 Å². The second-order valence-corrected chi connectivity index (χ2v) is 3.63. The maximum atomic E-state index is 9.33. The summed E-state index contributed by atoms with van der Waals surface area (Å²) in [6, 6.07) is 0. The minimum Gasteiger partial charge on any atom is -0.392 e. The number of nitrogens with two attached hydrogens (primary N) is 1. The van der Waals surface area contributed by atoms with Gasteiger partial charge in [-0.1, -0.05) is 0 Å². The fourth-order valence-corrected chi connectivity index (χ4v) is 0.413. The van der Waals surface area contributed by atoms with Gasteiger partial charge in [0.15, 0.2) is 0 Å². The SMILES string of the molecule is CC(O)CNCCN.COS(=O)(=O)O. The van der Waals surface area contributed by atoms with Gasteiger partial charge in [-0.2, -0.15) is 8.42 Å². The molecule has 1 atom stereocenters. The minimum atomic E-state index is -4.16. The van der Waals surface area contributed by atoms with E-state index in [1.807, 2.05) is 0 Å². The third kappa shape index (κ3) is 22.6. The molecule has 0 aromatic heterocycles. The topological polar surface area (TPSA) is 122 Å². The second-order valence-electron chi connectivity index (χ2n) is 2.44. The molecular weight excluding hydrogens is 212 g/mol. The number of hydrogen-bond donors (Lipinski definition) is 4. The summed E-state index contributed by atoms with van der Waals surface area (Å²) < 4.78 is 29.7. The van der Waals surface area contributed by atoms with Crippen LogP contribution in [0.1, 0.15) is 6.92 Å². The minimum absolute atomic E-state index is 0.262. The van der Waals surface area contributed by atoms with E-state index in [-0.39, 0.29) is 6.10 Å². The molecule has 0 aromatic rings. The monoisotopic (exact) mass is 230 g/mol. The van der Waals surface area contributed by atoms with Crippen molar-refractivity contribution >= 4 is 10.4 Å². The average Bonchev–Trinajstić information content (AvgIpc) is 2.04. The Labute approximate surface area is 84.2 Å². The molecule has 0 saturated heterocycles. The lowest BCUT2D eigenvalue weighted by Crippen LogP contribution is -2.29. The van der Waals surface area contributed by atoms with Crippen molar-refractivity contribution in [1.29, 1.82) is 0 Å². The molecule has 0 bridgehead atoms. The maximum absolute atomic E-state index is 9.33. The zero-order valence-electron chi connectivity index (χ0n) is 8.30. The van der Waals surface area contributed by atoms with Gasteiger partial charge in [0.25, 0.3) is 0 Å². The van der Waals surface area contributed by atoms with Crippen molar-refractivity contribution in [1.82, 2.24) is 5.32 Å². The van der Waals surface area contributed by atoms with Crippen LogP contribution in [0.25, 0.3) is 0 Å². The van der Waals surface area contributed by atoms with E-state index < -0.39 is 10.4 Å². The van der Waals surface area contributed by atoms with Gasteiger partial charge in [0.2, 0.25) is 0 Å². The van der Waals surface area contributed by atoms with Gasteiger partial charge in [0.1, 0.15) is 0 Å². The van der Waals surface area contributed by atoms with Crippen LogP contribution in [0.5, 0.6) is 0 Å². The summed E-state index contributed by atoms with van der Waals surface area (Å²) in [5.74, 6) is 0. The van der Waals surface area contributed by atoms with Crippen LogP contribution in [0, 0.1) is 0 Å². The van der Waals surface area contributed by atoms with Crippen LogP contribution >= 0.6 is 0 Å². The van der Waals surface area contributed by atoms with Gasteiger partial charge in [-0.15, -0.1) is 0 Å². The molecule has 88 valence electrons. The van der Waals surface area contributed by atoms with Gasteiger partial charge in [-0.05, 0) is 6.92 Å². The molecule has 0 heterocycles. The molecule has 0 aromatic carbocycles. The van der Waals surface area contributed by atoms with Crippen LogP contribution in [0.4, 0.5) is 0 Å². The van der Waals surface area contributed by atoms with E-state index in [4.69, 9.17) is 15.4 Å². The molecule has 7 nitrogen and oxygen atoms in total. The van der Waals surface area contributed by atoms with Crippen molar-refractivity contribution < 1.29 is 22.3 Å². The maximum Gasteiger partial charge on any atom is 0.397 e. The third-order valence-corrected chi connectivity index (χ3v) is 1.39. The molecule has 0 saturated carbocycles. The summed E-state index contributed by atoms with van der Waals surface area (Å²) in [4.78, 5) is 0. The van der Waals surface area contributed by atoms with Crippen LogP contribution in [0.15, 0.2) is 0 Å². The molecule has 0 spiro atoms. The number of hydrogen-bond acceptors (Lipinski definition) is 6. The van der Waals surface area contributed by atoms with Crippen molar-refractivity contribution in [3.63, 3.8) is 0 Å². The van der Waals surface area contributed by atoms with Gasteiger partial charge in [0, 0.05) is 19.6 Å². The van der Waals surface area contributed by atoms with E-state index in [0.29, 0.717) is 13.1 Å². The molecule has 0 aliphatic carbocycles. The first kappa shape index (κ1) is 16.2. The first-order valence-corrected chi connectivity index (χ1v) is 5.32. The standard InChI is InChI=1S/C5H14N2O.CH4O4S/c1-5(8)4-7-3-2-6;1-5-6(2,3)4/h5,7-8H,2-4,6H2,1H3;1H3,(H,2,3,4). The van der Waals surface area contributed by atoms with Gasteiger partial charge in [0.05, 0.1) is 13.2 Å². The van der Waals surface area contributed by atoms with Crippen molar-refractivity contribution in [3.8, 4) is 0 Å². The summed E-state index contributed by atoms with van der Waals surface area (Å²) in [6.07, 6.45) is -0.262. The number of nitrogens with one attached hydrogen (secondary N) is 1. The molecule has 0 radical (unpaired) electrons. The molecule has 0 amide bonds. The Hall–Kier alpha value is -0.250. The Morgan fingerprint density at radius 1 is 1.57 bits per heavy atom. The fraction of sp³-hybridized carbons (Fsp3) is 1.00. The Morgan fingerprint density at radius 3 is 2.21 bits per heavy atom. The molecule has 0 aliphatic rings. The van der Waals surface area contributed by atoms with E-state index in [0.717, 1.165) is 13.7 Å². The molecule has 0 rings (SSSR count). The smallest absolute Gasteiger partial charge is 0.392 e. The van der Waals surface area contributed by atoms with Crippen LogP contribution in [0.3, 0.4) is 0 Å². The Morgan fingerprint density at radius 2 is 2.00 bits per heavy atom. The number of rotatable bonds is 5.